The second kappa shape index (κ2) is 5.39. The van der Waals surface area contributed by atoms with E-state index in [2.05, 4.69) is 15.5 Å². The lowest BCUT2D eigenvalue weighted by atomic mass is 10.1. The number of hydrogen-bond acceptors (Lipinski definition) is 5. The molecule has 1 heterocycles. The van der Waals surface area contributed by atoms with Gasteiger partial charge in [0.2, 0.25) is 0 Å². The molecule has 0 bridgehead atoms. The van der Waals surface area contributed by atoms with Crippen molar-refractivity contribution in [3.8, 4) is 0 Å². The van der Waals surface area contributed by atoms with Gasteiger partial charge in [0, 0.05) is 29.3 Å². The zero-order valence-electron chi connectivity index (χ0n) is 10.7. The number of amides is 1. The molecule has 2 rings (SSSR count). The van der Waals surface area contributed by atoms with Crippen LogP contribution in [0.15, 0.2) is 24.4 Å². The molecule has 0 saturated heterocycles. The molecule has 0 atom stereocenters. The summed E-state index contributed by atoms with van der Waals surface area (Å²) in [5, 5.41) is 19.8. The van der Waals surface area contributed by atoms with Crippen LogP contribution in [-0.4, -0.2) is 21.0 Å². The smallest absolute Gasteiger partial charge is 0.273 e. The number of aromatic nitrogens is 2. The van der Waals surface area contributed by atoms with Gasteiger partial charge in [0.1, 0.15) is 5.82 Å². The SMILES string of the molecule is Cc1c(C(=O)NCc2cn[nH]c2N)cccc1[N+](=O)[O-]. The minimum Gasteiger partial charge on any atom is -0.384 e. The van der Waals surface area contributed by atoms with Crippen LogP contribution in [0.2, 0.25) is 0 Å². The summed E-state index contributed by atoms with van der Waals surface area (Å²) in [6.45, 7) is 1.74. The molecule has 0 aliphatic heterocycles. The molecular weight excluding hydrogens is 262 g/mol. The summed E-state index contributed by atoms with van der Waals surface area (Å²) >= 11 is 0. The first-order valence-electron chi connectivity index (χ1n) is 5.80. The first kappa shape index (κ1) is 13.5. The number of nitro groups is 1. The molecule has 104 valence electrons. The van der Waals surface area contributed by atoms with Crippen molar-refractivity contribution in [3.05, 3.63) is 51.2 Å². The summed E-state index contributed by atoms with van der Waals surface area (Å²) in [4.78, 5) is 22.4. The Bertz CT molecular complexity index is 665. The van der Waals surface area contributed by atoms with Gasteiger partial charge in [-0.2, -0.15) is 5.10 Å². The Balaban J connectivity index is 2.16. The van der Waals surface area contributed by atoms with Crippen LogP contribution in [0.1, 0.15) is 21.5 Å². The summed E-state index contributed by atoms with van der Waals surface area (Å²) in [6, 6.07) is 4.38. The van der Waals surface area contributed by atoms with Crippen LogP contribution in [0.25, 0.3) is 0 Å². The molecule has 8 nitrogen and oxygen atoms in total. The Kier molecular flexibility index (Phi) is 3.65. The minimum atomic E-state index is -0.514. The molecule has 0 spiro atoms. The van der Waals surface area contributed by atoms with Gasteiger partial charge in [0.25, 0.3) is 11.6 Å². The predicted molar refractivity (Wildman–Crippen MR) is 72.0 cm³/mol. The summed E-state index contributed by atoms with van der Waals surface area (Å²) in [5.41, 5.74) is 6.77. The minimum absolute atomic E-state index is 0.0829. The van der Waals surface area contributed by atoms with E-state index in [0.717, 1.165) is 0 Å². The van der Waals surface area contributed by atoms with Crippen LogP contribution in [0, 0.1) is 17.0 Å². The highest BCUT2D eigenvalue weighted by atomic mass is 16.6. The number of anilines is 1. The second-order valence-corrected chi connectivity index (χ2v) is 4.20. The van der Waals surface area contributed by atoms with Gasteiger partial charge in [-0.05, 0) is 13.0 Å². The maximum atomic E-state index is 12.0. The number of rotatable bonds is 4. The number of hydrogen-bond donors (Lipinski definition) is 3. The Morgan fingerprint density at radius 3 is 2.90 bits per heavy atom. The normalized spacial score (nSPS) is 10.2. The standard InChI is InChI=1S/C12H13N5O3/c1-7-9(3-2-4-10(7)17(19)20)12(18)14-5-8-6-15-16-11(8)13/h2-4,6H,5H2,1H3,(H,14,18)(H3,13,15,16). The van der Waals surface area contributed by atoms with E-state index in [9.17, 15) is 14.9 Å². The molecule has 0 radical (unpaired) electrons. The van der Waals surface area contributed by atoms with E-state index in [1.54, 1.807) is 6.92 Å². The molecule has 20 heavy (non-hydrogen) atoms. The molecule has 1 aromatic carbocycles. The Morgan fingerprint density at radius 1 is 1.55 bits per heavy atom. The van der Waals surface area contributed by atoms with E-state index in [1.165, 1.54) is 24.4 Å². The van der Waals surface area contributed by atoms with Crippen molar-refractivity contribution in [1.82, 2.24) is 15.5 Å². The third-order valence-electron chi connectivity index (χ3n) is 2.94. The molecule has 8 heteroatoms. The molecule has 4 N–H and O–H groups in total. The van der Waals surface area contributed by atoms with E-state index >= 15 is 0 Å². The maximum Gasteiger partial charge on any atom is 0.273 e. The van der Waals surface area contributed by atoms with E-state index in [1.807, 2.05) is 0 Å². The number of carbonyl (C=O) groups is 1. The lowest BCUT2D eigenvalue weighted by molar-refractivity contribution is -0.385. The second-order valence-electron chi connectivity index (χ2n) is 4.20. The highest BCUT2D eigenvalue weighted by Crippen LogP contribution is 2.21. The van der Waals surface area contributed by atoms with E-state index in [4.69, 9.17) is 5.73 Å². The molecule has 0 saturated carbocycles. The summed E-state index contributed by atoms with van der Waals surface area (Å²) in [5.74, 6) is -0.0205. The molecule has 2 aromatic rings. The van der Waals surface area contributed by atoms with Gasteiger partial charge in [-0.1, -0.05) is 6.07 Å². The van der Waals surface area contributed by atoms with Crippen molar-refractivity contribution in [2.24, 2.45) is 0 Å². The Morgan fingerprint density at radius 2 is 2.30 bits per heavy atom. The zero-order chi connectivity index (χ0) is 14.7. The fraction of sp³-hybridized carbons (Fsp3) is 0.167. The molecule has 0 fully saturated rings. The van der Waals surface area contributed by atoms with Crippen LogP contribution in [0.3, 0.4) is 0 Å². The van der Waals surface area contributed by atoms with Crippen LogP contribution in [-0.2, 0) is 6.54 Å². The number of nitrogen functional groups attached to an aromatic ring is 1. The van der Waals surface area contributed by atoms with Crippen LogP contribution < -0.4 is 11.1 Å². The first-order chi connectivity index (χ1) is 9.50. The summed E-state index contributed by atoms with van der Waals surface area (Å²) in [7, 11) is 0. The number of nitrogens with two attached hydrogens (primary N) is 1. The molecule has 0 aliphatic carbocycles. The lowest BCUT2D eigenvalue weighted by Crippen LogP contribution is -2.24. The fourth-order valence-corrected chi connectivity index (χ4v) is 1.80. The molecule has 1 aromatic heterocycles. The molecule has 0 aliphatic rings. The average molecular weight is 275 g/mol. The lowest BCUT2D eigenvalue weighted by Gasteiger charge is -2.07. The van der Waals surface area contributed by atoms with Crippen LogP contribution >= 0.6 is 0 Å². The van der Waals surface area contributed by atoms with E-state index in [-0.39, 0.29) is 17.8 Å². The molecule has 0 unspecified atom stereocenters. The topological polar surface area (TPSA) is 127 Å². The number of nitro benzene ring substituents is 1. The number of carbonyl (C=O) groups excluding carboxylic acids is 1. The van der Waals surface area contributed by atoms with Gasteiger partial charge in [-0.15, -0.1) is 0 Å². The van der Waals surface area contributed by atoms with E-state index in [0.29, 0.717) is 16.9 Å². The van der Waals surface area contributed by atoms with Crippen molar-refractivity contribution in [1.29, 1.82) is 0 Å². The van der Waals surface area contributed by atoms with Gasteiger partial charge in [0.15, 0.2) is 0 Å². The van der Waals surface area contributed by atoms with Crippen molar-refractivity contribution in [3.63, 3.8) is 0 Å². The number of H-pyrrole nitrogens is 1. The van der Waals surface area contributed by atoms with Crippen LogP contribution in [0.4, 0.5) is 11.5 Å². The average Bonchev–Trinajstić information content (AvgIpc) is 2.81. The monoisotopic (exact) mass is 275 g/mol. The highest BCUT2D eigenvalue weighted by molar-refractivity contribution is 5.96. The van der Waals surface area contributed by atoms with Gasteiger partial charge < -0.3 is 11.1 Å². The van der Waals surface area contributed by atoms with Crippen molar-refractivity contribution < 1.29 is 9.72 Å². The third kappa shape index (κ3) is 2.58. The quantitative estimate of drug-likeness (QED) is 0.569. The number of nitrogens with zero attached hydrogens (tertiary/aromatic N) is 2. The van der Waals surface area contributed by atoms with Gasteiger partial charge >= 0.3 is 0 Å². The van der Waals surface area contributed by atoms with Crippen molar-refractivity contribution >= 4 is 17.4 Å². The largest absolute Gasteiger partial charge is 0.384 e. The number of benzene rings is 1. The number of nitrogens with one attached hydrogen (secondary N) is 2. The predicted octanol–water partition coefficient (Wildman–Crippen LogP) is 1.14. The third-order valence-corrected chi connectivity index (χ3v) is 2.94. The molecular formula is C12H13N5O3. The molecule has 1 amide bonds. The highest BCUT2D eigenvalue weighted by Gasteiger charge is 2.17. The summed E-state index contributed by atoms with van der Waals surface area (Å²) < 4.78 is 0. The Labute approximate surface area is 114 Å². The summed E-state index contributed by atoms with van der Waals surface area (Å²) in [6.07, 6.45) is 1.51. The van der Waals surface area contributed by atoms with E-state index < -0.39 is 10.8 Å². The van der Waals surface area contributed by atoms with Gasteiger partial charge in [-0.3, -0.25) is 20.0 Å². The number of aromatic amines is 1. The van der Waals surface area contributed by atoms with Crippen molar-refractivity contribution in [2.45, 2.75) is 13.5 Å². The van der Waals surface area contributed by atoms with Gasteiger partial charge in [-0.25, -0.2) is 0 Å². The fourth-order valence-electron chi connectivity index (χ4n) is 1.80. The zero-order valence-corrected chi connectivity index (χ0v) is 10.7. The van der Waals surface area contributed by atoms with Gasteiger partial charge in [0.05, 0.1) is 11.1 Å². The van der Waals surface area contributed by atoms with Crippen molar-refractivity contribution in [2.75, 3.05) is 5.73 Å². The Hall–Kier alpha value is -2.90. The maximum absolute atomic E-state index is 12.0. The first-order valence-corrected chi connectivity index (χ1v) is 5.80. The van der Waals surface area contributed by atoms with Crippen LogP contribution in [0.5, 0.6) is 0 Å².